The van der Waals surface area contributed by atoms with Crippen molar-refractivity contribution in [3.8, 4) is 16.9 Å². The Labute approximate surface area is 215 Å². The molecule has 0 unspecified atom stereocenters. The molecule has 1 aromatic heterocycles. The van der Waals surface area contributed by atoms with Crippen molar-refractivity contribution in [1.29, 1.82) is 0 Å². The third kappa shape index (κ3) is 5.93. The lowest BCUT2D eigenvalue weighted by Gasteiger charge is -2.22. The minimum atomic E-state index is -0.329. The number of benzene rings is 3. The summed E-state index contributed by atoms with van der Waals surface area (Å²) in [7, 11) is 0. The molecule has 0 aliphatic rings. The van der Waals surface area contributed by atoms with Gasteiger partial charge in [0.25, 0.3) is 0 Å². The normalized spacial score (nSPS) is 10.6. The summed E-state index contributed by atoms with van der Waals surface area (Å²) in [6, 6.07) is 26.0. The monoisotopic (exact) mass is 501 g/mol. The SMILES string of the molecule is CCc1ccccc1NC(=O)N(CC)CC(=O)Nc1cc(-c2ccccc2)nn1-c1ccc(Cl)cc1. The second-order valence-corrected chi connectivity index (χ2v) is 8.61. The van der Waals surface area contributed by atoms with Gasteiger partial charge in [0, 0.05) is 28.9 Å². The molecule has 3 aromatic carbocycles. The molecule has 2 N–H and O–H groups in total. The summed E-state index contributed by atoms with van der Waals surface area (Å²) in [6.45, 7) is 4.13. The number of rotatable bonds is 8. The predicted molar refractivity (Wildman–Crippen MR) is 145 cm³/mol. The van der Waals surface area contributed by atoms with Gasteiger partial charge in [0.1, 0.15) is 12.4 Å². The fourth-order valence-corrected chi connectivity index (χ4v) is 3.95. The van der Waals surface area contributed by atoms with Crippen LogP contribution in [0.5, 0.6) is 0 Å². The Hall–Kier alpha value is -4.10. The van der Waals surface area contributed by atoms with Gasteiger partial charge in [-0.25, -0.2) is 9.48 Å². The van der Waals surface area contributed by atoms with Crippen LogP contribution in [0, 0.1) is 0 Å². The Kier molecular flexibility index (Phi) is 8.02. The highest BCUT2D eigenvalue weighted by atomic mass is 35.5. The largest absolute Gasteiger partial charge is 0.322 e. The zero-order valence-corrected chi connectivity index (χ0v) is 21.0. The van der Waals surface area contributed by atoms with Crippen molar-refractivity contribution in [1.82, 2.24) is 14.7 Å². The van der Waals surface area contributed by atoms with Crippen LogP contribution < -0.4 is 10.6 Å². The molecule has 0 fully saturated rings. The standard InChI is InChI=1S/C28H28ClN5O2/c1-3-20-10-8-9-13-24(20)30-28(36)33(4-2)19-27(35)31-26-18-25(21-11-6-5-7-12-21)32-34(26)23-16-14-22(29)15-17-23/h5-18H,3-4,19H2,1-2H3,(H,30,36)(H,31,35). The second-order valence-electron chi connectivity index (χ2n) is 8.17. The van der Waals surface area contributed by atoms with Gasteiger partial charge < -0.3 is 15.5 Å². The topological polar surface area (TPSA) is 79.3 Å². The molecule has 0 bridgehead atoms. The Balaban J connectivity index is 1.53. The first kappa shape index (κ1) is 25.0. The minimum Gasteiger partial charge on any atom is -0.315 e. The molecule has 3 amide bonds. The van der Waals surface area contributed by atoms with Crippen LogP contribution in [0.1, 0.15) is 19.4 Å². The van der Waals surface area contributed by atoms with Gasteiger partial charge in [0.2, 0.25) is 5.91 Å². The van der Waals surface area contributed by atoms with E-state index in [0.717, 1.165) is 28.9 Å². The van der Waals surface area contributed by atoms with Crippen molar-refractivity contribution in [3.05, 3.63) is 95.5 Å². The van der Waals surface area contributed by atoms with Crippen LogP contribution in [-0.2, 0) is 11.2 Å². The maximum Gasteiger partial charge on any atom is 0.322 e. The molecule has 0 atom stereocenters. The maximum atomic E-state index is 13.1. The first-order valence-corrected chi connectivity index (χ1v) is 12.2. The number of carbonyl (C=O) groups is 2. The fraction of sp³-hybridized carbons (Fsp3) is 0.179. The first-order chi connectivity index (χ1) is 17.5. The molecule has 36 heavy (non-hydrogen) atoms. The number of halogens is 1. The van der Waals surface area contributed by atoms with Gasteiger partial charge in [-0.05, 0) is 49.2 Å². The van der Waals surface area contributed by atoms with E-state index in [-0.39, 0.29) is 18.5 Å². The number of aromatic nitrogens is 2. The molecule has 4 rings (SSSR count). The third-order valence-electron chi connectivity index (χ3n) is 5.76. The number of nitrogens with zero attached hydrogens (tertiary/aromatic N) is 3. The van der Waals surface area contributed by atoms with Crippen molar-refractivity contribution >= 4 is 35.0 Å². The van der Waals surface area contributed by atoms with Gasteiger partial charge in [-0.2, -0.15) is 5.10 Å². The predicted octanol–water partition coefficient (Wildman–Crippen LogP) is 6.25. The molecule has 0 saturated heterocycles. The zero-order chi connectivity index (χ0) is 25.5. The highest BCUT2D eigenvalue weighted by Gasteiger charge is 2.19. The highest BCUT2D eigenvalue weighted by Crippen LogP contribution is 2.25. The van der Waals surface area contributed by atoms with E-state index < -0.39 is 0 Å². The number of hydrogen-bond acceptors (Lipinski definition) is 3. The van der Waals surface area contributed by atoms with E-state index in [2.05, 4.69) is 10.6 Å². The lowest BCUT2D eigenvalue weighted by Crippen LogP contribution is -2.40. The number of urea groups is 1. The van der Waals surface area contributed by atoms with Crippen LogP contribution in [0.4, 0.5) is 16.3 Å². The number of amides is 3. The molecular weight excluding hydrogens is 474 g/mol. The van der Waals surface area contributed by atoms with Crippen molar-refractivity contribution in [3.63, 3.8) is 0 Å². The number of para-hydroxylation sites is 1. The van der Waals surface area contributed by atoms with Gasteiger partial charge in [0.05, 0.1) is 11.4 Å². The molecule has 7 nitrogen and oxygen atoms in total. The molecule has 0 saturated carbocycles. The summed E-state index contributed by atoms with van der Waals surface area (Å²) in [5.41, 5.74) is 4.16. The summed E-state index contributed by atoms with van der Waals surface area (Å²) >= 11 is 6.06. The van der Waals surface area contributed by atoms with Crippen molar-refractivity contribution in [2.75, 3.05) is 23.7 Å². The van der Waals surface area contributed by atoms with E-state index in [4.69, 9.17) is 16.7 Å². The Morgan fingerprint density at radius 1 is 0.917 bits per heavy atom. The average molecular weight is 502 g/mol. The number of hydrogen-bond donors (Lipinski definition) is 2. The summed E-state index contributed by atoms with van der Waals surface area (Å²) in [5.74, 6) is 0.166. The minimum absolute atomic E-state index is 0.108. The molecule has 0 aliphatic carbocycles. The quantitative estimate of drug-likeness (QED) is 0.299. The zero-order valence-electron chi connectivity index (χ0n) is 20.2. The second kappa shape index (κ2) is 11.6. The lowest BCUT2D eigenvalue weighted by molar-refractivity contribution is -0.116. The van der Waals surface area contributed by atoms with Crippen LogP contribution in [0.15, 0.2) is 84.9 Å². The van der Waals surface area contributed by atoms with Crippen LogP contribution >= 0.6 is 11.6 Å². The van der Waals surface area contributed by atoms with Crippen molar-refractivity contribution in [2.24, 2.45) is 0 Å². The Morgan fingerprint density at radius 3 is 2.31 bits per heavy atom. The van der Waals surface area contributed by atoms with Gasteiger partial charge in [-0.15, -0.1) is 0 Å². The first-order valence-electron chi connectivity index (χ1n) is 11.8. The van der Waals surface area contributed by atoms with Crippen LogP contribution in [-0.4, -0.2) is 39.7 Å². The van der Waals surface area contributed by atoms with Gasteiger partial charge in [-0.1, -0.05) is 67.1 Å². The molecule has 8 heteroatoms. The van der Waals surface area contributed by atoms with E-state index in [1.807, 2.05) is 86.6 Å². The average Bonchev–Trinajstić information content (AvgIpc) is 3.32. The van der Waals surface area contributed by atoms with E-state index in [1.54, 1.807) is 16.8 Å². The van der Waals surface area contributed by atoms with Crippen LogP contribution in [0.3, 0.4) is 0 Å². The van der Waals surface area contributed by atoms with Crippen molar-refractivity contribution < 1.29 is 9.59 Å². The number of nitrogens with one attached hydrogen (secondary N) is 2. The molecule has 0 spiro atoms. The molecule has 1 heterocycles. The number of carbonyl (C=O) groups excluding carboxylic acids is 2. The summed E-state index contributed by atoms with van der Waals surface area (Å²) < 4.78 is 1.66. The van der Waals surface area contributed by atoms with Gasteiger partial charge in [-0.3, -0.25) is 4.79 Å². The summed E-state index contributed by atoms with van der Waals surface area (Å²) in [4.78, 5) is 27.4. The van der Waals surface area contributed by atoms with E-state index in [1.165, 1.54) is 4.90 Å². The fourth-order valence-electron chi connectivity index (χ4n) is 3.83. The number of likely N-dealkylation sites (N-methyl/N-ethyl adjacent to an activating group) is 1. The lowest BCUT2D eigenvalue weighted by atomic mass is 10.1. The Morgan fingerprint density at radius 2 is 1.61 bits per heavy atom. The van der Waals surface area contributed by atoms with E-state index in [9.17, 15) is 9.59 Å². The van der Waals surface area contributed by atoms with Crippen LogP contribution in [0.25, 0.3) is 16.9 Å². The highest BCUT2D eigenvalue weighted by molar-refractivity contribution is 6.30. The van der Waals surface area contributed by atoms with E-state index in [0.29, 0.717) is 23.1 Å². The van der Waals surface area contributed by atoms with Crippen molar-refractivity contribution in [2.45, 2.75) is 20.3 Å². The van der Waals surface area contributed by atoms with Gasteiger partial charge >= 0.3 is 6.03 Å². The molecule has 184 valence electrons. The van der Waals surface area contributed by atoms with Gasteiger partial charge in [0.15, 0.2) is 0 Å². The third-order valence-corrected chi connectivity index (χ3v) is 6.01. The maximum absolute atomic E-state index is 13.1. The van der Waals surface area contributed by atoms with E-state index >= 15 is 0 Å². The molecular formula is C28H28ClN5O2. The molecule has 4 aromatic rings. The number of anilines is 2. The molecule has 0 aliphatic heterocycles. The summed E-state index contributed by atoms with van der Waals surface area (Å²) in [6.07, 6.45) is 0.793. The van der Waals surface area contributed by atoms with Crippen LogP contribution in [0.2, 0.25) is 5.02 Å². The summed E-state index contributed by atoms with van der Waals surface area (Å²) in [5, 5.41) is 11.2. The smallest absolute Gasteiger partial charge is 0.315 e. The number of aryl methyl sites for hydroxylation is 1. The molecule has 0 radical (unpaired) electrons. The Bertz CT molecular complexity index is 1340.